The van der Waals surface area contributed by atoms with E-state index in [1.54, 1.807) is 0 Å². The van der Waals surface area contributed by atoms with E-state index >= 15 is 0 Å². The first-order valence-electron chi connectivity index (χ1n) is 6.41. The molecule has 0 fully saturated rings. The van der Waals surface area contributed by atoms with Crippen molar-refractivity contribution in [2.24, 2.45) is 0 Å². The van der Waals surface area contributed by atoms with E-state index in [-0.39, 0.29) is 0 Å². The standard InChI is InChI=1S/C18H14O/c1-3-13-10-11-17-15(12-13)18(16(4-2)19-17)14-8-6-5-7-9-14/h1,5-12H,4H2,2H3. The summed E-state index contributed by atoms with van der Waals surface area (Å²) in [4.78, 5) is 0. The normalized spacial score (nSPS) is 10.5. The zero-order valence-electron chi connectivity index (χ0n) is 10.8. The summed E-state index contributed by atoms with van der Waals surface area (Å²) >= 11 is 0. The molecule has 0 bridgehead atoms. The van der Waals surface area contributed by atoms with Crippen molar-refractivity contribution >= 4 is 11.0 Å². The van der Waals surface area contributed by atoms with Crippen LogP contribution in [0.3, 0.4) is 0 Å². The smallest absolute Gasteiger partial charge is 0.135 e. The minimum Gasteiger partial charge on any atom is -0.460 e. The fourth-order valence-corrected chi connectivity index (χ4v) is 2.41. The van der Waals surface area contributed by atoms with Crippen LogP contribution in [0.4, 0.5) is 0 Å². The number of furan rings is 1. The Labute approximate surface area is 112 Å². The molecular formula is C18H14O. The maximum atomic E-state index is 5.93. The van der Waals surface area contributed by atoms with Crippen molar-refractivity contribution in [1.82, 2.24) is 0 Å². The number of fused-ring (bicyclic) bond motifs is 1. The third-order valence-corrected chi connectivity index (χ3v) is 3.31. The van der Waals surface area contributed by atoms with Gasteiger partial charge in [-0.3, -0.25) is 0 Å². The second-order valence-electron chi connectivity index (χ2n) is 4.48. The number of hydrogen-bond acceptors (Lipinski definition) is 1. The van der Waals surface area contributed by atoms with Crippen LogP contribution in [0, 0.1) is 12.3 Å². The van der Waals surface area contributed by atoms with Gasteiger partial charge in [-0.1, -0.05) is 43.2 Å². The molecule has 0 aliphatic carbocycles. The molecule has 0 spiro atoms. The molecule has 3 rings (SSSR count). The van der Waals surface area contributed by atoms with E-state index in [9.17, 15) is 0 Å². The lowest BCUT2D eigenvalue weighted by molar-refractivity contribution is 0.558. The Morgan fingerprint density at radius 3 is 2.58 bits per heavy atom. The van der Waals surface area contributed by atoms with Gasteiger partial charge in [0.2, 0.25) is 0 Å². The van der Waals surface area contributed by atoms with Gasteiger partial charge in [-0.05, 0) is 23.8 Å². The summed E-state index contributed by atoms with van der Waals surface area (Å²) < 4.78 is 5.93. The molecule has 0 unspecified atom stereocenters. The minimum atomic E-state index is 0.865. The summed E-state index contributed by atoms with van der Waals surface area (Å²) in [6.45, 7) is 2.10. The van der Waals surface area contributed by atoms with Crippen molar-refractivity contribution in [1.29, 1.82) is 0 Å². The third-order valence-electron chi connectivity index (χ3n) is 3.31. The van der Waals surface area contributed by atoms with Gasteiger partial charge in [-0.25, -0.2) is 0 Å². The second-order valence-corrected chi connectivity index (χ2v) is 4.48. The Morgan fingerprint density at radius 2 is 1.89 bits per heavy atom. The Kier molecular flexibility index (Phi) is 2.85. The van der Waals surface area contributed by atoms with Crippen LogP contribution < -0.4 is 0 Å². The first kappa shape index (κ1) is 11.6. The summed E-state index contributed by atoms with van der Waals surface area (Å²) in [7, 11) is 0. The van der Waals surface area contributed by atoms with Crippen LogP contribution in [0.25, 0.3) is 22.1 Å². The highest BCUT2D eigenvalue weighted by Gasteiger charge is 2.14. The molecule has 0 atom stereocenters. The molecular weight excluding hydrogens is 232 g/mol. The van der Waals surface area contributed by atoms with E-state index in [1.165, 1.54) is 5.56 Å². The van der Waals surface area contributed by atoms with E-state index in [4.69, 9.17) is 10.8 Å². The molecule has 1 nitrogen and oxygen atoms in total. The van der Waals surface area contributed by atoms with Crippen LogP contribution in [0.1, 0.15) is 18.2 Å². The molecule has 92 valence electrons. The minimum absolute atomic E-state index is 0.865. The topological polar surface area (TPSA) is 13.1 Å². The summed E-state index contributed by atoms with van der Waals surface area (Å²) in [6.07, 6.45) is 6.35. The Bertz CT molecular complexity index is 757. The third kappa shape index (κ3) is 1.92. The van der Waals surface area contributed by atoms with E-state index in [0.717, 1.165) is 34.3 Å². The monoisotopic (exact) mass is 246 g/mol. The van der Waals surface area contributed by atoms with Crippen molar-refractivity contribution < 1.29 is 4.42 Å². The Hall–Kier alpha value is -2.46. The molecule has 0 saturated carbocycles. The first-order valence-corrected chi connectivity index (χ1v) is 6.41. The fourth-order valence-electron chi connectivity index (χ4n) is 2.41. The van der Waals surface area contributed by atoms with E-state index < -0.39 is 0 Å². The van der Waals surface area contributed by atoms with Crippen LogP contribution in [-0.4, -0.2) is 0 Å². The molecule has 0 aliphatic heterocycles. The van der Waals surface area contributed by atoms with E-state index in [2.05, 4.69) is 25.0 Å². The van der Waals surface area contributed by atoms with Crippen molar-refractivity contribution in [2.75, 3.05) is 0 Å². The summed E-state index contributed by atoms with van der Waals surface area (Å²) in [6, 6.07) is 16.2. The molecule has 0 radical (unpaired) electrons. The van der Waals surface area contributed by atoms with Crippen LogP contribution >= 0.6 is 0 Å². The van der Waals surface area contributed by atoms with Crippen molar-refractivity contribution in [3.63, 3.8) is 0 Å². The largest absolute Gasteiger partial charge is 0.460 e. The van der Waals surface area contributed by atoms with Crippen LogP contribution in [0.15, 0.2) is 52.9 Å². The summed E-state index contributed by atoms with van der Waals surface area (Å²) in [5.41, 5.74) is 4.12. The molecule has 3 aromatic rings. The molecule has 19 heavy (non-hydrogen) atoms. The van der Waals surface area contributed by atoms with E-state index in [1.807, 2.05) is 36.4 Å². The lowest BCUT2D eigenvalue weighted by atomic mass is 10.00. The van der Waals surface area contributed by atoms with Crippen molar-refractivity contribution in [3.05, 3.63) is 59.9 Å². The summed E-state index contributed by atoms with van der Waals surface area (Å²) in [5, 5.41) is 1.10. The predicted molar refractivity (Wildman–Crippen MR) is 79.0 cm³/mol. The number of terminal acetylenes is 1. The van der Waals surface area contributed by atoms with Gasteiger partial charge in [0.05, 0.1) is 0 Å². The molecule has 0 aliphatic rings. The fraction of sp³-hybridized carbons (Fsp3) is 0.111. The highest BCUT2D eigenvalue weighted by Crippen LogP contribution is 2.35. The zero-order valence-corrected chi connectivity index (χ0v) is 10.8. The SMILES string of the molecule is C#Cc1ccc2oc(CC)c(-c3ccccc3)c2c1. The highest BCUT2D eigenvalue weighted by molar-refractivity contribution is 5.96. The predicted octanol–water partition coefficient (Wildman–Crippen LogP) is 4.64. The van der Waals surface area contributed by atoms with Gasteiger partial charge in [0, 0.05) is 22.9 Å². The number of hydrogen-bond donors (Lipinski definition) is 0. The van der Waals surface area contributed by atoms with Gasteiger partial charge in [-0.15, -0.1) is 6.42 Å². The second kappa shape index (κ2) is 4.66. The maximum absolute atomic E-state index is 5.93. The average molecular weight is 246 g/mol. The lowest BCUT2D eigenvalue weighted by Crippen LogP contribution is -1.82. The van der Waals surface area contributed by atoms with Gasteiger partial charge in [0.25, 0.3) is 0 Å². The van der Waals surface area contributed by atoms with Gasteiger partial charge < -0.3 is 4.42 Å². The molecule has 0 N–H and O–H groups in total. The van der Waals surface area contributed by atoms with Crippen LogP contribution in [0.2, 0.25) is 0 Å². The zero-order chi connectivity index (χ0) is 13.2. The van der Waals surface area contributed by atoms with Gasteiger partial charge in [0.15, 0.2) is 0 Å². The van der Waals surface area contributed by atoms with E-state index in [0.29, 0.717) is 0 Å². The molecule has 1 heterocycles. The van der Waals surface area contributed by atoms with Gasteiger partial charge in [-0.2, -0.15) is 0 Å². The first-order chi connectivity index (χ1) is 9.33. The Balaban J connectivity index is 2.35. The maximum Gasteiger partial charge on any atom is 0.135 e. The quantitative estimate of drug-likeness (QED) is 0.600. The number of aryl methyl sites for hydroxylation is 1. The van der Waals surface area contributed by atoms with Crippen molar-refractivity contribution in [3.8, 4) is 23.5 Å². The number of rotatable bonds is 2. The Morgan fingerprint density at radius 1 is 1.11 bits per heavy atom. The molecule has 2 aromatic carbocycles. The average Bonchev–Trinajstić information content (AvgIpc) is 2.85. The summed E-state index contributed by atoms with van der Waals surface area (Å²) in [5.74, 6) is 3.69. The molecule has 0 amide bonds. The highest BCUT2D eigenvalue weighted by atomic mass is 16.3. The molecule has 0 saturated heterocycles. The lowest BCUT2D eigenvalue weighted by Gasteiger charge is -2.01. The van der Waals surface area contributed by atoms with Gasteiger partial charge in [0.1, 0.15) is 11.3 Å². The molecule has 1 heteroatoms. The number of benzene rings is 2. The van der Waals surface area contributed by atoms with Crippen molar-refractivity contribution in [2.45, 2.75) is 13.3 Å². The van der Waals surface area contributed by atoms with Gasteiger partial charge >= 0.3 is 0 Å². The molecule has 1 aromatic heterocycles. The van der Waals surface area contributed by atoms with Crippen LogP contribution in [-0.2, 0) is 6.42 Å². The van der Waals surface area contributed by atoms with Crippen LogP contribution in [0.5, 0.6) is 0 Å².